The summed E-state index contributed by atoms with van der Waals surface area (Å²) in [6.45, 7) is 4.16. The van der Waals surface area contributed by atoms with Crippen LogP contribution in [-0.2, 0) is 5.41 Å². The molecule has 1 aliphatic heterocycles. The molecule has 6 rings (SSSR count). The van der Waals surface area contributed by atoms with E-state index in [4.69, 9.17) is 4.99 Å². The normalized spacial score (nSPS) is 13.7. The van der Waals surface area contributed by atoms with Crippen molar-refractivity contribution in [1.29, 1.82) is 0 Å². The monoisotopic (exact) mass is 560 g/mol. The minimum atomic E-state index is -0.925. The zero-order valence-electron chi connectivity index (χ0n) is 24.2. The second kappa shape index (κ2) is 11.8. The Hall–Kier alpha value is -5.48. The van der Waals surface area contributed by atoms with Crippen molar-refractivity contribution in [3.05, 3.63) is 161 Å². The third-order valence-corrected chi connectivity index (χ3v) is 7.82. The standard InChI is InChI=1S/C39H32N2O2/c1-39(2)35-27-31(38(42)43)22-25-36(35)40-37(39)26-21-29-16-13-28(14-17-29)15-18-30-19-23-34(24-20-30)41(32-9-5-3-6-10-32)33-11-7-4-8-12-33/h3-27H,1-2H3,(H,42,43). The number of para-hydroxylation sites is 2. The first kappa shape index (κ1) is 27.7. The Morgan fingerprint density at radius 3 is 1.60 bits per heavy atom. The van der Waals surface area contributed by atoms with Crippen LogP contribution >= 0.6 is 0 Å². The Balaban J connectivity index is 1.14. The van der Waals surface area contributed by atoms with E-state index in [0.29, 0.717) is 0 Å². The molecule has 0 saturated heterocycles. The molecule has 0 bridgehead atoms. The number of rotatable bonds is 8. The number of allylic oxidation sites excluding steroid dienone is 1. The molecular weight excluding hydrogens is 528 g/mol. The average Bonchev–Trinajstić information content (AvgIpc) is 3.30. The van der Waals surface area contributed by atoms with Gasteiger partial charge in [0.15, 0.2) is 0 Å². The predicted molar refractivity (Wildman–Crippen MR) is 179 cm³/mol. The van der Waals surface area contributed by atoms with Crippen LogP contribution in [0.4, 0.5) is 22.7 Å². The zero-order valence-corrected chi connectivity index (χ0v) is 24.2. The van der Waals surface area contributed by atoms with Crippen molar-refractivity contribution in [3.8, 4) is 0 Å². The highest BCUT2D eigenvalue weighted by molar-refractivity contribution is 6.10. The summed E-state index contributed by atoms with van der Waals surface area (Å²) in [7, 11) is 0. The number of carboxylic acid groups (broad SMARTS) is 1. The molecule has 1 N–H and O–H groups in total. The van der Waals surface area contributed by atoms with E-state index in [1.54, 1.807) is 18.2 Å². The number of hydrogen-bond donors (Lipinski definition) is 1. The fourth-order valence-electron chi connectivity index (χ4n) is 5.34. The average molecular weight is 561 g/mol. The van der Waals surface area contributed by atoms with Gasteiger partial charge in [0.1, 0.15) is 0 Å². The van der Waals surface area contributed by atoms with Crippen molar-refractivity contribution in [2.24, 2.45) is 4.99 Å². The molecule has 0 fully saturated rings. The molecule has 5 aromatic rings. The summed E-state index contributed by atoms with van der Waals surface area (Å²) in [5.41, 5.74) is 9.25. The SMILES string of the molecule is CC1(C)C(C=Cc2ccc(C=Cc3ccc(N(c4ccccc4)c4ccccc4)cc3)cc2)=Nc2ccc(C(=O)O)cc21. The number of hydrogen-bond acceptors (Lipinski definition) is 3. The van der Waals surface area contributed by atoms with E-state index in [1.807, 2.05) is 18.2 Å². The first-order chi connectivity index (χ1) is 20.9. The van der Waals surface area contributed by atoms with Crippen molar-refractivity contribution in [3.63, 3.8) is 0 Å². The molecule has 1 heterocycles. The molecule has 0 atom stereocenters. The zero-order chi connectivity index (χ0) is 29.8. The molecule has 5 aromatic carbocycles. The molecule has 0 radical (unpaired) electrons. The third-order valence-electron chi connectivity index (χ3n) is 7.82. The van der Waals surface area contributed by atoms with E-state index < -0.39 is 5.97 Å². The number of aliphatic imine (C=N–C) groups is 1. The van der Waals surface area contributed by atoms with Gasteiger partial charge in [-0.05, 0) is 82.9 Å². The van der Waals surface area contributed by atoms with Crippen LogP contribution in [0.5, 0.6) is 0 Å². The molecule has 210 valence electrons. The first-order valence-electron chi connectivity index (χ1n) is 14.3. The van der Waals surface area contributed by atoms with Gasteiger partial charge in [-0.3, -0.25) is 4.99 Å². The Bertz CT molecular complexity index is 1790. The molecule has 0 amide bonds. The van der Waals surface area contributed by atoms with E-state index in [-0.39, 0.29) is 11.0 Å². The number of carboxylic acids is 1. The summed E-state index contributed by atoms with van der Waals surface area (Å²) >= 11 is 0. The van der Waals surface area contributed by atoms with Crippen molar-refractivity contribution in [1.82, 2.24) is 0 Å². The number of carbonyl (C=O) groups is 1. The smallest absolute Gasteiger partial charge is 0.335 e. The molecule has 0 unspecified atom stereocenters. The molecule has 0 spiro atoms. The van der Waals surface area contributed by atoms with Gasteiger partial charge >= 0.3 is 5.97 Å². The fraction of sp³-hybridized carbons (Fsp3) is 0.0769. The molecule has 0 aliphatic carbocycles. The van der Waals surface area contributed by atoms with Crippen LogP contribution in [0.3, 0.4) is 0 Å². The van der Waals surface area contributed by atoms with Crippen LogP contribution in [0.25, 0.3) is 18.2 Å². The van der Waals surface area contributed by atoms with E-state index in [1.165, 1.54) is 0 Å². The maximum Gasteiger partial charge on any atom is 0.335 e. The maximum absolute atomic E-state index is 11.4. The number of benzene rings is 5. The first-order valence-corrected chi connectivity index (χ1v) is 14.3. The Morgan fingerprint density at radius 1 is 0.628 bits per heavy atom. The molecule has 0 aromatic heterocycles. The van der Waals surface area contributed by atoms with Crippen LogP contribution < -0.4 is 4.90 Å². The van der Waals surface area contributed by atoms with Gasteiger partial charge in [-0.15, -0.1) is 0 Å². The van der Waals surface area contributed by atoms with Gasteiger partial charge in [-0.1, -0.05) is 105 Å². The minimum absolute atomic E-state index is 0.285. The lowest BCUT2D eigenvalue weighted by molar-refractivity contribution is 0.0696. The molecule has 4 heteroatoms. The molecule has 43 heavy (non-hydrogen) atoms. The van der Waals surface area contributed by atoms with Gasteiger partial charge in [0.2, 0.25) is 0 Å². The summed E-state index contributed by atoms with van der Waals surface area (Å²) in [5.74, 6) is -0.925. The van der Waals surface area contributed by atoms with Crippen LogP contribution in [0.15, 0.2) is 138 Å². The highest BCUT2D eigenvalue weighted by Crippen LogP contribution is 2.41. The predicted octanol–water partition coefficient (Wildman–Crippen LogP) is 10.1. The number of aromatic carboxylic acids is 1. The number of nitrogens with zero attached hydrogens (tertiary/aromatic N) is 2. The van der Waals surface area contributed by atoms with Crippen LogP contribution in [0.2, 0.25) is 0 Å². The largest absolute Gasteiger partial charge is 0.478 e. The number of anilines is 3. The third kappa shape index (κ3) is 5.95. The molecule has 4 nitrogen and oxygen atoms in total. The van der Waals surface area contributed by atoms with E-state index in [0.717, 1.165) is 50.7 Å². The second-order valence-electron chi connectivity index (χ2n) is 11.1. The Kier molecular flexibility index (Phi) is 7.59. The second-order valence-corrected chi connectivity index (χ2v) is 11.1. The van der Waals surface area contributed by atoms with Gasteiger partial charge in [-0.25, -0.2) is 4.79 Å². The van der Waals surface area contributed by atoms with Crippen molar-refractivity contribution in [2.45, 2.75) is 19.3 Å². The Morgan fingerprint density at radius 2 is 1.09 bits per heavy atom. The summed E-state index contributed by atoms with van der Waals surface area (Å²) in [6, 6.07) is 42.9. The summed E-state index contributed by atoms with van der Waals surface area (Å²) in [4.78, 5) is 18.5. The van der Waals surface area contributed by atoms with Gasteiger partial charge in [0.25, 0.3) is 0 Å². The van der Waals surface area contributed by atoms with Crippen LogP contribution in [0.1, 0.15) is 46.5 Å². The van der Waals surface area contributed by atoms with Gasteiger partial charge in [-0.2, -0.15) is 0 Å². The number of fused-ring (bicyclic) bond motifs is 1. The van der Waals surface area contributed by atoms with Crippen molar-refractivity contribution >= 4 is 52.7 Å². The van der Waals surface area contributed by atoms with Gasteiger partial charge < -0.3 is 10.0 Å². The van der Waals surface area contributed by atoms with Crippen LogP contribution in [0, 0.1) is 0 Å². The van der Waals surface area contributed by atoms with Crippen LogP contribution in [-0.4, -0.2) is 16.8 Å². The van der Waals surface area contributed by atoms with Crippen molar-refractivity contribution < 1.29 is 9.90 Å². The fourth-order valence-corrected chi connectivity index (χ4v) is 5.34. The molecule has 0 saturated carbocycles. The summed E-state index contributed by atoms with van der Waals surface area (Å²) < 4.78 is 0. The highest BCUT2D eigenvalue weighted by atomic mass is 16.4. The van der Waals surface area contributed by atoms with Gasteiger partial charge in [0.05, 0.1) is 17.0 Å². The van der Waals surface area contributed by atoms with E-state index in [2.05, 4.69) is 134 Å². The summed E-state index contributed by atoms with van der Waals surface area (Å²) in [6.07, 6.45) is 8.33. The maximum atomic E-state index is 11.4. The summed E-state index contributed by atoms with van der Waals surface area (Å²) in [5, 5.41) is 9.38. The lowest BCUT2D eigenvalue weighted by Crippen LogP contribution is -2.24. The molecular formula is C39H32N2O2. The van der Waals surface area contributed by atoms with E-state index >= 15 is 0 Å². The lowest BCUT2D eigenvalue weighted by atomic mass is 9.80. The minimum Gasteiger partial charge on any atom is -0.478 e. The topological polar surface area (TPSA) is 52.9 Å². The Labute approximate surface area is 252 Å². The van der Waals surface area contributed by atoms with Crippen molar-refractivity contribution in [2.75, 3.05) is 4.90 Å². The van der Waals surface area contributed by atoms with E-state index in [9.17, 15) is 9.90 Å². The lowest BCUT2D eigenvalue weighted by Gasteiger charge is -2.25. The molecule has 1 aliphatic rings. The van der Waals surface area contributed by atoms with Gasteiger partial charge in [0, 0.05) is 22.5 Å². The quantitative estimate of drug-likeness (QED) is 0.192. The highest BCUT2D eigenvalue weighted by Gasteiger charge is 2.34.